The van der Waals surface area contributed by atoms with E-state index in [1.165, 1.54) is 14.2 Å². The van der Waals surface area contributed by atoms with Gasteiger partial charge in [-0.1, -0.05) is 12.1 Å². The number of aryl methyl sites for hydroxylation is 1. The number of nitrogens with one attached hydrogen (secondary N) is 1. The summed E-state index contributed by atoms with van der Waals surface area (Å²) in [5, 5.41) is 3.86. The maximum Gasteiger partial charge on any atom is 0.354 e. The highest BCUT2D eigenvalue weighted by Crippen LogP contribution is 2.32. The van der Waals surface area contributed by atoms with E-state index in [4.69, 9.17) is 4.74 Å². The van der Waals surface area contributed by atoms with Crippen molar-refractivity contribution in [3.63, 3.8) is 0 Å². The van der Waals surface area contributed by atoms with Gasteiger partial charge in [-0.15, -0.1) is 11.3 Å². The smallest absolute Gasteiger partial charge is 0.354 e. The van der Waals surface area contributed by atoms with Gasteiger partial charge in [-0.05, 0) is 42.8 Å². The van der Waals surface area contributed by atoms with Crippen molar-refractivity contribution in [3.8, 4) is 10.6 Å². The number of thiazole rings is 1. The molecule has 3 rings (SSSR count). The molecule has 0 radical (unpaired) electrons. The van der Waals surface area contributed by atoms with Gasteiger partial charge in [0.25, 0.3) is 0 Å². The third kappa shape index (κ3) is 4.15. The van der Waals surface area contributed by atoms with Crippen LogP contribution in [0, 0.1) is 6.92 Å². The van der Waals surface area contributed by atoms with Crippen LogP contribution in [0.15, 0.2) is 54.2 Å². The number of fused-ring (bicyclic) bond motifs is 1. The summed E-state index contributed by atoms with van der Waals surface area (Å²) in [4.78, 5) is 28.0. The fraction of sp³-hybridized carbons (Fsp3) is 0.150. The van der Waals surface area contributed by atoms with Crippen molar-refractivity contribution in [1.82, 2.24) is 4.98 Å². The average molecular weight is 382 g/mol. The Morgan fingerprint density at radius 3 is 2.56 bits per heavy atom. The SMILES string of the molecule is COC(=O)/C=C(/Nc1ccc(-c2nc3ccccc3s2)cc1C)C(=O)OC. The van der Waals surface area contributed by atoms with Crippen molar-refractivity contribution in [3.05, 3.63) is 59.8 Å². The number of hydrogen-bond donors (Lipinski definition) is 1. The molecule has 0 aliphatic rings. The van der Waals surface area contributed by atoms with Gasteiger partial charge in [-0.2, -0.15) is 0 Å². The van der Waals surface area contributed by atoms with E-state index in [9.17, 15) is 9.59 Å². The number of nitrogens with zero attached hydrogens (tertiary/aromatic N) is 1. The van der Waals surface area contributed by atoms with E-state index in [1.54, 1.807) is 11.3 Å². The molecule has 1 aromatic heterocycles. The Morgan fingerprint density at radius 1 is 1.11 bits per heavy atom. The first-order valence-electron chi connectivity index (χ1n) is 8.13. The third-order valence-electron chi connectivity index (χ3n) is 3.91. The predicted octanol–water partition coefficient (Wildman–Crippen LogP) is 3.91. The number of hydrogen-bond acceptors (Lipinski definition) is 7. The van der Waals surface area contributed by atoms with E-state index in [0.29, 0.717) is 5.69 Å². The van der Waals surface area contributed by atoms with Crippen molar-refractivity contribution in [1.29, 1.82) is 0 Å². The van der Waals surface area contributed by atoms with E-state index in [1.807, 2.05) is 49.4 Å². The van der Waals surface area contributed by atoms with Crippen LogP contribution in [-0.2, 0) is 19.1 Å². The summed E-state index contributed by atoms with van der Waals surface area (Å²) in [5.41, 5.74) is 3.52. The van der Waals surface area contributed by atoms with Gasteiger partial charge in [-0.3, -0.25) is 0 Å². The fourth-order valence-corrected chi connectivity index (χ4v) is 3.47. The standard InChI is InChI=1S/C20H18N2O4S/c1-12-10-13(19-22-15-6-4-5-7-17(15)27-19)8-9-14(12)21-16(20(24)26-3)11-18(23)25-2/h4-11,21H,1-3H3/b16-11+. The van der Waals surface area contributed by atoms with Crippen molar-refractivity contribution in [2.75, 3.05) is 19.5 Å². The number of carbonyl (C=O) groups excluding carboxylic acids is 2. The van der Waals surface area contributed by atoms with Crippen LogP contribution >= 0.6 is 11.3 Å². The molecule has 3 aromatic rings. The number of para-hydroxylation sites is 1. The lowest BCUT2D eigenvalue weighted by atomic mass is 10.1. The fourth-order valence-electron chi connectivity index (χ4n) is 2.51. The van der Waals surface area contributed by atoms with Crippen LogP contribution in [0.4, 0.5) is 5.69 Å². The van der Waals surface area contributed by atoms with Crippen molar-refractivity contribution in [2.24, 2.45) is 0 Å². The van der Waals surface area contributed by atoms with E-state index >= 15 is 0 Å². The molecule has 0 saturated heterocycles. The number of rotatable bonds is 5. The van der Waals surface area contributed by atoms with Crippen LogP contribution in [0.25, 0.3) is 20.8 Å². The molecule has 7 heteroatoms. The number of aromatic nitrogens is 1. The van der Waals surface area contributed by atoms with E-state index in [2.05, 4.69) is 15.0 Å². The summed E-state index contributed by atoms with van der Waals surface area (Å²) >= 11 is 1.62. The number of esters is 2. The van der Waals surface area contributed by atoms with Gasteiger partial charge in [0.15, 0.2) is 0 Å². The summed E-state index contributed by atoms with van der Waals surface area (Å²) in [5.74, 6) is -1.30. The summed E-state index contributed by atoms with van der Waals surface area (Å²) in [7, 11) is 2.49. The monoisotopic (exact) mass is 382 g/mol. The van der Waals surface area contributed by atoms with Gasteiger partial charge in [0.2, 0.25) is 0 Å². The van der Waals surface area contributed by atoms with Crippen LogP contribution in [-0.4, -0.2) is 31.1 Å². The average Bonchev–Trinajstić information content (AvgIpc) is 3.12. The zero-order valence-electron chi connectivity index (χ0n) is 15.1. The maximum absolute atomic E-state index is 11.9. The summed E-state index contributed by atoms with van der Waals surface area (Å²) in [6, 6.07) is 13.7. The Kier molecular flexibility index (Phi) is 5.52. The molecule has 0 saturated carbocycles. The summed E-state index contributed by atoms with van der Waals surface area (Å²) in [6.07, 6.45) is 1.06. The van der Waals surface area contributed by atoms with Gasteiger partial charge >= 0.3 is 11.9 Å². The molecule has 1 heterocycles. The molecular formula is C20H18N2O4S. The molecule has 0 fully saturated rings. The van der Waals surface area contributed by atoms with E-state index < -0.39 is 11.9 Å². The van der Waals surface area contributed by atoms with Gasteiger partial charge in [0.05, 0.1) is 30.5 Å². The number of benzene rings is 2. The molecule has 0 amide bonds. The van der Waals surface area contributed by atoms with Crippen LogP contribution in [0.3, 0.4) is 0 Å². The van der Waals surface area contributed by atoms with Crippen LogP contribution in [0.2, 0.25) is 0 Å². The second-order valence-electron chi connectivity index (χ2n) is 5.71. The zero-order valence-corrected chi connectivity index (χ0v) is 15.9. The zero-order chi connectivity index (χ0) is 19.4. The number of ether oxygens (including phenoxy) is 2. The van der Waals surface area contributed by atoms with Gasteiger partial charge in [0.1, 0.15) is 10.7 Å². The highest BCUT2D eigenvalue weighted by Gasteiger charge is 2.14. The second-order valence-corrected chi connectivity index (χ2v) is 6.74. The van der Waals surface area contributed by atoms with E-state index in [0.717, 1.165) is 32.4 Å². The molecule has 6 nitrogen and oxygen atoms in total. The molecule has 2 aromatic carbocycles. The Bertz CT molecular complexity index is 1010. The highest BCUT2D eigenvalue weighted by molar-refractivity contribution is 7.21. The molecular weight excluding hydrogens is 364 g/mol. The highest BCUT2D eigenvalue weighted by atomic mass is 32.1. The van der Waals surface area contributed by atoms with Gasteiger partial charge in [0, 0.05) is 11.3 Å². The number of methoxy groups -OCH3 is 2. The third-order valence-corrected chi connectivity index (χ3v) is 4.99. The first kappa shape index (κ1) is 18.6. The lowest BCUT2D eigenvalue weighted by Gasteiger charge is -2.12. The summed E-state index contributed by atoms with van der Waals surface area (Å²) in [6.45, 7) is 1.91. The molecule has 0 atom stereocenters. The Morgan fingerprint density at radius 2 is 1.89 bits per heavy atom. The molecule has 0 bridgehead atoms. The first-order chi connectivity index (χ1) is 13.0. The minimum Gasteiger partial charge on any atom is -0.466 e. The largest absolute Gasteiger partial charge is 0.466 e. The van der Waals surface area contributed by atoms with E-state index in [-0.39, 0.29) is 5.70 Å². The molecule has 138 valence electrons. The molecule has 0 aliphatic heterocycles. The summed E-state index contributed by atoms with van der Waals surface area (Å²) < 4.78 is 10.4. The van der Waals surface area contributed by atoms with Crippen LogP contribution in [0.5, 0.6) is 0 Å². The van der Waals surface area contributed by atoms with Crippen molar-refractivity contribution in [2.45, 2.75) is 6.92 Å². The van der Waals surface area contributed by atoms with Crippen LogP contribution in [0.1, 0.15) is 5.56 Å². The second kappa shape index (κ2) is 8.01. The van der Waals surface area contributed by atoms with Gasteiger partial charge in [-0.25, -0.2) is 14.6 Å². The Hall–Kier alpha value is -3.19. The quantitative estimate of drug-likeness (QED) is 0.532. The lowest BCUT2D eigenvalue weighted by Crippen LogP contribution is -2.16. The minimum absolute atomic E-state index is 0.000173. The normalized spacial score (nSPS) is 11.3. The molecule has 27 heavy (non-hydrogen) atoms. The van der Waals surface area contributed by atoms with Crippen molar-refractivity contribution < 1.29 is 19.1 Å². The first-order valence-corrected chi connectivity index (χ1v) is 8.95. The maximum atomic E-state index is 11.9. The minimum atomic E-state index is -0.657. The van der Waals surface area contributed by atoms with Crippen molar-refractivity contribution >= 4 is 39.2 Å². The predicted molar refractivity (Wildman–Crippen MR) is 106 cm³/mol. The topological polar surface area (TPSA) is 77.5 Å². The number of anilines is 1. The molecule has 1 N–H and O–H groups in total. The lowest BCUT2D eigenvalue weighted by molar-refractivity contribution is -0.138. The Balaban J connectivity index is 1.90. The van der Waals surface area contributed by atoms with Crippen LogP contribution < -0.4 is 5.32 Å². The number of carbonyl (C=O) groups is 2. The molecule has 0 spiro atoms. The molecule has 0 unspecified atom stereocenters. The van der Waals surface area contributed by atoms with Gasteiger partial charge < -0.3 is 14.8 Å². The molecule has 0 aliphatic carbocycles. The Labute approximate surface area is 160 Å².